The molecule has 14 heavy (non-hydrogen) atoms. The van der Waals surface area contributed by atoms with E-state index in [1.54, 1.807) is 12.1 Å². The summed E-state index contributed by atoms with van der Waals surface area (Å²) in [6, 6.07) is 5.84. The fourth-order valence-corrected chi connectivity index (χ4v) is 1.15. The molecule has 1 aromatic carbocycles. The molecule has 3 nitrogen and oxygen atoms in total. The molecule has 0 saturated carbocycles. The lowest BCUT2D eigenvalue weighted by atomic mass is 10.1. The lowest BCUT2D eigenvalue weighted by Crippen LogP contribution is -2.24. The van der Waals surface area contributed by atoms with E-state index in [-0.39, 0.29) is 12.4 Å². The third kappa shape index (κ3) is 3.41. The Kier molecular flexibility index (Phi) is 4.52. The number of halogens is 1. The molecule has 0 radical (unpaired) electrons. The number of aliphatic hydroxyl groups excluding tert-OH is 2. The Bertz CT molecular complexity index is 281. The van der Waals surface area contributed by atoms with Crippen LogP contribution in [0.3, 0.4) is 0 Å². The van der Waals surface area contributed by atoms with Gasteiger partial charge in [-0.25, -0.2) is 4.39 Å². The summed E-state index contributed by atoms with van der Waals surface area (Å²) >= 11 is 0. The second kappa shape index (κ2) is 5.70. The summed E-state index contributed by atoms with van der Waals surface area (Å²) in [7, 11) is 0. The maximum atomic E-state index is 12.7. The number of hydrogen-bond donors (Lipinski definition) is 3. The van der Waals surface area contributed by atoms with Crippen LogP contribution in [0.4, 0.5) is 4.39 Å². The largest absolute Gasteiger partial charge is 0.395 e. The van der Waals surface area contributed by atoms with Gasteiger partial charge in [0.05, 0.1) is 12.7 Å². The first-order valence-electron chi connectivity index (χ1n) is 4.49. The van der Waals surface area contributed by atoms with Crippen LogP contribution in [0.25, 0.3) is 0 Å². The van der Waals surface area contributed by atoms with Crippen LogP contribution in [-0.4, -0.2) is 29.9 Å². The highest BCUT2D eigenvalue weighted by molar-refractivity contribution is 5.18. The zero-order valence-corrected chi connectivity index (χ0v) is 7.78. The van der Waals surface area contributed by atoms with Gasteiger partial charge >= 0.3 is 0 Å². The van der Waals surface area contributed by atoms with E-state index < -0.39 is 6.10 Å². The molecule has 0 bridgehead atoms. The Labute approximate surface area is 82.2 Å². The summed E-state index contributed by atoms with van der Waals surface area (Å²) in [4.78, 5) is 0. The molecule has 0 saturated heterocycles. The second-order valence-corrected chi connectivity index (χ2v) is 3.00. The average molecular weight is 199 g/mol. The van der Waals surface area contributed by atoms with Crippen LogP contribution in [0.2, 0.25) is 0 Å². The van der Waals surface area contributed by atoms with E-state index in [2.05, 4.69) is 5.32 Å². The van der Waals surface area contributed by atoms with Gasteiger partial charge in [-0.2, -0.15) is 0 Å². The first-order chi connectivity index (χ1) is 6.74. The van der Waals surface area contributed by atoms with Crippen molar-refractivity contribution in [2.45, 2.75) is 6.10 Å². The van der Waals surface area contributed by atoms with Gasteiger partial charge in [-0.1, -0.05) is 12.1 Å². The Balaban J connectivity index is 2.47. The molecular formula is C10H14FNO2. The average Bonchev–Trinajstić information content (AvgIpc) is 2.18. The first-order valence-corrected chi connectivity index (χ1v) is 4.49. The van der Waals surface area contributed by atoms with Gasteiger partial charge in [0.25, 0.3) is 0 Å². The molecule has 0 amide bonds. The molecular weight excluding hydrogens is 185 g/mol. The van der Waals surface area contributed by atoms with Gasteiger partial charge in [0.1, 0.15) is 5.82 Å². The van der Waals surface area contributed by atoms with E-state index >= 15 is 0 Å². The van der Waals surface area contributed by atoms with Gasteiger partial charge < -0.3 is 15.5 Å². The molecule has 0 aliphatic carbocycles. The predicted octanol–water partition coefficient (Wildman–Crippen LogP) is 0.441. The van der Waals surface area contributed by atoms with Crippen molar-refractivity contribution in [3.63, 3.8) is 0 Å². The Hall–Kier alpha value is -0.970. The predicted molar refractivity (Wildman–Crippen MR) is 51.3 cm³/mol. The minimum Gasteiger partial charge on any atom is -0.395 e. The van der Waals surface area contributed by atoms with E-state index in [1.807, 2.05) is 0 Å². The first kappa shape index (κ1) is 11.1. The number of nitrogens with one attached hydrogen (secondary N) is 1. The van der Waals surface area contributed by atoms with E-state index in [0.717, 1.165) is 0 Å². The minimum atomic E-state index is -0.739. The second-order valence-electron chi connectivity index (χ2n) is 3.00. The van der Waals surface area contributed by atoms with Gasteiger partial charge in [0, 0.05) is 13.1 Å². The highest BCUT2D eigenvalue weighted by Crippen LogP contribution is 2.12. The highest BCUT2D eigenvalue weighted by Gasteiger charge is 2.06. The third-order valence-electron chi connectivity index (χ3n) is 1.86. The van der Waals surface area contributed by atoms with Gasteiger partial charge in [0.15, 0.2) is 0 Å². The molecule has 0 spiro atoms. The molecule has 0 fully saturated rings. The molecule has 1 atom stereocenters. The van der Waals surface area contributed by atoms with Crippen LogP contribution in [0.5, 0.6) is 0 Å². The van der Waals surface area contributed by atoms with Crippen molar-refractivity contribution in [2.24, 2.45) is 0 Å². The normalized spacial score (nSPS) is 12.8. The molecule has 0 aliphatic rings. The van der Waals surface area contributed by atoms with Crippen LogP contribution in [0.1, 0.15) is 11.7 Å². The topological polar surface area (TPSA) is 52.5 Å². The highest BCUT2D eigenvalue weighted by atomic mass is 19.1. The van der Waals surface area contributed by atoms with Crippen molar-refractivity contribution in [1.82, 2.24) is 5.32 Å². The fraction of sp³-hybridized carbons (Fsp3) is 0.400. The van der Waals surface area contributed by atoms with Gasteiger partial charge in [0.2, 0.25) is 0 Å². The summed E-state index contributed by atoms with van der Waals surface area (Å²) in [5.41, 5.74) is 0.537. The molecule has 0 aromatic heterocycles. The van der Waals surface area contributed by atoms with Crippen molar-refractivity contribution in [1.29, 1.82) is 0 Å². The van der Waals surface area contributed by atoms with E-state index in [9.17, 15) is 9.50 Å². The van der Waals surface area contributed by atoms with E-state index in [1.165, 1.54) is 12.1 Å². The lowest BCUT2D eigenvalue weighted by molar-refractivity contribution is 0.170. The van der Waals surface area contributed by atoms with Crippen LogP contribution >= 0.6 is 0 Å². The van der Waals surface area contributed by atoms with Gasteiger partial charge in [-0.3, -0.25) is 0 Å². The molecule has 0 aliphatic heterocycles. The number of hydrogen-bond acceptors (Lipinski definition) is 3. The van der Waals surface area contributed by atoms with Crippen LogP contribution < -0.4 is 5.32 Å². The zero-order valence-electron chi connectivity index (χ0n) is 7.78. The molecule has 78 valence electrons. The Morgan fingerprint density at radius 1 is 1.43 bits per heavy atom. The summed E-state index contributed by atoms with van der Waals surface area (Å²) in [6.45, 7) is 0.756. The van der Waals surface area contributed by atoms with Crippen LogP contribution in [0.15, 0.2) is 24.3 Å². The zero-order chi connectivity index (χ0) is 10.4. The SMILES string of the molecule is OCCNCC(O)c1cccc(F)c1. The summed E-state index contributed by atoms with van der Waals surface area (Å²) in [5.74, 6) is -0.358. The number of rotatable bonds is 5. The quantitative estimate of drug-likeness (QED) is 0.603. The van der Waals surface area contributed by atoms with Crippen molar-refractivity contribution < 1.29 is 14.6 Å². The molecule has 4 heteroatoms. The van der Waals surface area contributed by atoms with Crippen LogP contribution in [0, 0.1) is 5.82 Å². The third-order valence-corrected chi connectivity index (χ3v) is 1.86. The van der Waals surface area contributed by atoms with Gasteiger partial charge in [-0.15, -0.1) is 0 Å². The number of benzene rings is 1. The number of aliphatic hydroxyl groups is 2. The lowest BCUT2D eigenvalue weighted by Gasteiger charge is -2.11. The Morgan fingerprint density at radius 2 is 2.21 bits per heavy atom. The molecule has 3 N–H and O–H groups in total. The van der Waals surface area contributed by atoms with Crippen LogP contribution in [-0.2, 0) is 0 Å². The minimum absolute atomic E-state index is 0.0237. The van der Waals surface area contributed by atoms with Crippen molar-refractivity contribution in [3.05, 3.63) is 35.6 Å². The monoisotopic (exact) mass is 199 g/mol. The van der Waals surface area contributed by atoms with Gasteiger partial charge in [-0.05, 0) is 17.7 Å². The summed E-state index contributed by atoms with van der Waals surface area (Å²) in [5, 5.41) is 20.9. The maximum absolute atomic E-state index is 12.7. The van der Waals surface area contributed by atoms with E-state index in [4.69, 9.17) is 5.11 Å². The van der Waals surface area contributed by atoms with Crippen molar-refractivity contribution >= 4 is 0 Å². The van der Waals surface area contributed by atoms with Crippen molar-refractivity contribution in [2.75, 3.05) is 19.7 Å². The maximum Gasteiger partial charge on any atom is 0.123 e. The summed E-state index contributed by atoms with van der Waals surface area (Å²) in [6.07, 6.45) is -0.739. The molecule has 1 rings (SSSR count). The molecule has 1 aromatic rings. The molecule has 1 unspecified atom stereocenters. The Morgan fingerprint density at radius 3 is 2.86 bits per heavy atom. The fourth-order valence-electron chi connectivity index (χ4n) is 1.15. The summed E-state index contributed by atoms with van der Waals surface area (Å²) < 4.78 is 12.7. The standard InChI is InChI=1S/C10H14FNO2/c11-9-3-1-2-8(6-9)10(14)7-12-4-5-13/h1-3,6,10,12-14H,4-5,7H2. The van der Waals surface area contributed by atoms with E-state index in [0.29, 0.717) is 18.7 Å². The van der Waals surface area contributed by atoms with Crippen molar-refractivity contribution in [3.8, 4) is 0 Å². The smallest absolute Gasteiger partial charge is 0.123 e. The molecule has 0 heterocycles.